The van der Waals surface area contributed by atoms with Crippen LogP contribution in [0.5, 0.6) is 0 Å². The Morgan fingerprint density at radius 3 is 2.08 bits per heavy atom. The number of carboxylic acids is 1. The van der Waals surface area contributed by atoms with Crippen molar-refractivity contribution in [2.24, 2.45) is 44.3 Å². The first-order chi connectivity index (χ1) is 18.3. The lowest BCUT2D eigenvalue weighted by molar-refractivity contribution is -0.198. The van der Waals surface area contributed by atoms with Gasteiger partial charge in [0.15, 0.2) is 0 Å². The van der Waals surface area contributed by atoms with E-state index in [2.05, 4.69) is 53.7 Å². The Labute approximate surface area is 240 Å². The average molecular weight is 555 g/mol. The SMILES string of the molecule is CC(=O)O[C@H]1CC[C@]2(C)[C@H](CC[C@@]3(C)[C@@H]2C=CC2=C4C[C@](C)(C(=O)O)[C@H](OC(C)=O)C[C@]4(C)CC[C@]23C)C1(C)C. The summed E-state index contributed by atoms with van der Waals surface area (Å²) in [4.78, 5) is 36.6. The molecule has 6 nitrogen and oxygen atoms in total. The molecule has 0 aromatic rings. The van der Waals surface area contributed by atoms with E-state index >= 15 is 0 Å². The van der Waals surface area contributed by atoms with Crippen molar-refractivity contribution >= 4 is 17.9 Å². The first-order valence-electron chi connectivity index (χ1n) is 15.4. The highest BCUT2D eigenvalue weighted by atomic mass is 16.5. The van der Waals surface area contributed by atoms with E-state index in [1.165, 1.54) is 25.0 Å². The molecule has 0 aliphatic heterocycles. The standard InChI is InChI=1S/C34H50O6/c1-20(35)39-26-13-14-31(6)24(29(26,3)4)12-15-34(9)25(31)11-10-22-23-18-32(7,28(37)38)27(40-21(2)36)19-30(23,5)16-17-33(22,34)8/h10-11,24-27H,12-19H2,1-9H3,(H,37,38)/t24-,25-,26+,27-,30+,31-,32+,33-,34+/m1/s1. The van der Waals surface area contributed by atoms with Crippen molar-refractivity contribution in [3.05, 3.63) is 23.3 Å². The van der Waals surface area contributed by atoms with Crippen LogP contribution in [0.25, 0.3) is 0 Å². The highest BCUT2D eigenvalue weighted by Crippen LogP contribution is 2.74. The zero-order valence-electron chi connectivity index (χ0n) is 26.1. The summed E-state index contributed by atoms with van der Waals surface area (Å²) in [6.45, 7) is 18.9. The molecule has 0 radical (unpaired) electrons. The van der Waals surface area contributed by atoms with Gasteiger partial charge in [0.25, 0.3) is 0 Å². The van der Waals surface area contributed by atoms with Crippen LogP contribution < -0.4 is 0 Å². The molecule has 1 N–H and O–H groups in total. The summed E-state index contributed by atoms with van der Waals surface area (Å²) in [6.07, 6.45) is 11.2. The molecule has 222 valence electrons. The fourth-order valence-corrected chi connectivity index (χ4v) is 10.7. The van der Waals surface area contributed by atoms with Gasteiger partial charge in [0, 0.05) is 19.3 Å². The summed E-state index contributed by atoms with van der Waals surface area (Å²) in [5, 5.41) is 10.4. The number of hydrogen-bond donors (Lipinski definition) is 1. The van der Waals surface area contributed by atoms with E-state index in [9.17, 15) is 19.5 Å². The fraction of sp³-hybridized carbons (Fsp3) is 0.794. The maximum atomic E-state index is 12.7. The van der Waals surface area contributed by atoms with Crippen LogP contribution in [-0.4, -0.2) is 35.2 Å². The highest BCUT2D eigenvalue weighted by Gasteiger charge is 2.67. The summed E-state index contributed by atoms with van der Waals surface area (Å²) in [5.74, 6) is -0.669. The molecule has 3 saturated carbocycles. The van der Waals surface area contributed by atoms with Crippen LogP contribution in [0, 0.1) is 44.3 Å². The molecular weight excluding hydrogens is 504 g/mol. The first-order valence-corrected chi connectivity index (χ1v) is 15.4. The molecule has 0 saturated heterocycles. The van der Waals surface area contributed by atoms with Gasteiger partial charge in [-0.05, 0) is 97.4 Å². The Balaban J connectivity index is 1.59. The van der Waals surface area contributed by atoms with Crippen LogP contribution in [0.3, 0.4) is 0 Å². The van der Waals surface area contributed by atoms with Crippen LogP contribution in [-0.2, 0) is 23.9 Å². The molecule has 3 fully saturated rings. The molecule has 0 heterocycles. The summed E-state index contributed by atoms with van der Waals surface area (Å²) in [6, 6.07) is 0. The molecule has 0 aromatic heterocycles. The molecule has 5 aliphatic rings. The van der Waals surface area contributed by atoms with E-state index in [0.717, 1.165) is 38.5 Å². The Hall–Kier alpha value is -2.11. The second-order valence-electron chi connectivity index (χ2n) is 15.8. The average Bonchev–Trinajstić information content (AvgIpc) is 2.82. The largest absolute Gasteiger partial charge is 0.481 e. The van der Waals surface area contributed by atoms with Crippen molar-refractivity contribution < 1.29 is 29.0 Å². The number of carbonyl (C=O) groups is 3. The first kappa shape index (κ1) is 29.4. The molecule has 0 amide bonds. The molecule has 0 spiro atoms. The van der Waals surface area contributed by atoms with Crippen molar-refractivity contribution in [3.8, 4) is 0 Å². The lowest BCUT2D eigenvalue weighted by Gasteiger charge is -2.69. The van der Waals surface area contributed by atoms with E-state index in [1.807, 2.05) is 0 Å². The third kappa shape index (κ3) is 3.82. The van der Waals surface area contributed by atoms with Gasteiger partial charge in [-0.25, -0.2) is 0 Å². The Bertz CT molecular complexity index is 1200. The molecule has 40 heavy (non-hydrogen) atoms. The third-order valence-corrected chi connectivity index (χ3v) is 13.4. The number of rotatable bonds is 3. The number of fused-ring (bicyclic) bond motifs is 6. The molecule has 5 rings (SSSR count). The summed E-state index contributed by atoms with van der Waals surface area (Å²) < 4.78 is 11.5. The van der Waals surface area contributed by atoms with E-state index in [-0.39, 0.29) is 39.1 Å². The van der Waals surface area contributed by atoms with Gasteiger partial charge in [-0.3, -0.25) is 14.4 Å². The summed E-state index contributed by atoms with van der Waals surface area (Å²) in [5.41, 5.74) is 1.21. The van der Waals surface area contributed by atoms with Gasteiger partial charge in [0.2, 0.25) is 0 Å². The second-order valence-corrected chi connectivity index (χ2v) is 15.8. The van der Waals surface area contributed by atoms with Gasteiger partial charge in [0.1, 0.15) is 17.6 Å². The van der Waals surface area contributed by atoms with Crippen molar-refractivity contribution in [1.82, 2.24) is 0 Å². The number of carboxylic acid groups (broad SMARTS) is 1. The maximum Gasteiger partial charge on any atom is 0.313 e. The fourth-order valence-electron chi connectivity index (χ4n) is 10.7. The smallest absolute Gasteiger partial charge is 0.313 e. The Kier molecular flexibility index (Phi) is 6.57. The number of carbonyl (C=O) groups excluding carboxylic acids is 2. The lowest BCUT2D eigenvalue weighted by atomic mass is 9.35. The van der Waals surface area contributed by atoms with Crippen molar-refractivity contribution in [3.63, 3.8) is 0 Å². The van der Waals surface area contributed by atoms with Crippen LogP contribution in [0.4, 0.5) is 0 Å². The minimum absolute atomic E-state index is 0.0351. The molecule has 0 aromatic carbocycles. The van der Waals surface area contributed by atoms with E-state index in [4.69, 9.17) is 9.47 Å². The van der Waals surface area contributed by atoms with Gasteiger partial charge >= 0.3 is 17.9 Å². The minimum Gasteiger partial charge on any atom is -0.481 e. The monoisotopic (exact) mass is 554 g/mol. The number of ether oxygens (including phenoxy) is 2. The van der Waals surface area contributed by atoms with Crippen LogP contribution >= 0.6 is 0 Å². The van der Waals surface area contributed by atoms with E-state index in [1.54, 1.807) is 6.92 Å². The predicted molar refractivity (Wildman–Crippen MR) is 153 cm³/mol. The summed E-state index contributed by atoms with van der Waals surface area (Å²) in [7, 11) is 0. The molecule has 6 heteroatoms. The highest BCUT2D eigenvalue weighted by molar-refractivity contribution is 5.77. The topological polar surface area (TPSA) is 89.9 Å². The second kappa shape index (κ2) is 8.94. The molecular formula is C34H50O6. The van der Waals surface area contributed by atoms with Gasteiger partial charge in [-0.2, -0.15) is 0 Å². The Morgan fingerprint density at radius 1 is 0.850 bits per heavy atom. The lowest BCUT2D eigenvalue weighted by Crippen LogP contribution is -2.63. The quantitative estimate of drug-likeness (QED) is 0.369. The zero-order valence-corrected chi connectivity index (χ0v) is 26.1. The number of aliphatic carboxylic acids is 1. The number of hydrogen-bond acceptors (Lipinski definition) is 5. The normalized spacial score (nSPS) is 47.2. The van der Waals surface area contributed by atoms with Gasteiger partial charge in [-0.1, -0.05) is 59.3 Å². The third-order valence-electron chi connectivity index (χ3n) is 13.4. The van der Waals surface area contributed by atoms with Crippen molar-refractivity contribution in [2.75, 3.05) is 0 Å². The molecule has 5 aliphatic carbocycles. The Morgan fingerprint density at radius 2 is 1.48 bits per heavy atom. The van der Waals surface area contributed by atoms with E-state index < -0.39 is 23.5 Å². The van der Waals surface area contributed by atoms with Crippen molar-refractivity contribution in [1.29, 1.82) is 0 Å². The van der Waals surface area contributed by atoms with Crippen molar-refractivity contribution in [2.45, 2.75) is 126 Å². The van der Waals surface area contributed by atoms with Gasteiger partial charge < -0.3 is 14.6 Å². The maximum absolute atomic E-state index is 12.7. The van der Waals surface area contributed by atoms with Crippen LogP contribution in [0.15, 0.2) is 23.3 Å². The minimum atomic E-state index is -1.15. The van der Waals surface area contributed by atoms with E-state index in [0.29, 0.717) is 24.7 Å². The van der Waals surface area contributed by atoms with Gasteiger partial charge in [-0.15, -0.1) is 0 Å². The molecule has 0 bridgehead atoms. The number of allylic oxidation sites excluding steroid dienone is 4. The molecule has 0 unspecified atom stereocenters. The van der Waals surface area contributed by atoms with Gasteiger partial charge in [0.05, 0.1) is 0 Å². The predicted octanol–water partition coefficient (Wildman–Crippen LogP) is 7.27. The van der Waals surface area contributed by atoms with Crippen LogP contribution in [0.2, 0.25) is 0 Å². The number of esters is 2. The molecule has 9 atom stereocenters. The van der Waals surface area contributed by atoms with Crippen LogP contribution in [0.1, 0.15) is 114 Å². The zero-order chi connectivity index (χ0) is 29.7. The summed E-state index contributed by atoms with van der Waals surface area (Å²) >= 11 is 0.